The summed E-state index contributed by atoms with van der Waals surface area (Å²) in [5.74, 6) is 1.30. The van der Waals surface area contributed by atoms with Crippen molar-refractivity contribution < 1.29 is 14.3 Å². The minimum Gasteiger partial charge on any atom is -0.480 e. The number of urea groups is 1. The van der Waals surface area contributed by atoms with Crippen LogP contribution < -0.4 is 24.6 Å². The molecule has 1 fully saturated rings. The lowest BCUT2D eigenvalue weighted by Gasteiger charge is -2.35. The highest BCUT2D eigenvalue weighted by molar-refractivity contribution is 6.04. The molecule has 1 saturated heterocycles. The Kier molecular flexibility index (Phi) is 4.69. The number of nitrogens with zero attached hydrogens (tertiary/aromatic N) is 7. The second-order valence-corrected chi connectivity index (χ2v) is 7.10. The van der Waals surface area contributed by atoms with Crippen LogP contribution in [-0.2, 0) is 0 Å². The van der Waals surface area contributed by atoms with Crippen molar-refractivity contribution >= 4 is 23.4 Å². The lowest BCUT2D eigenvalue weighted by molar-refractivity contribution is 0.254. The summed E-state index contributed by atoms with van der Waals surface area (Å²) in [5.41, 5.74) is 2.10. The Balaban J connectivity index is 1.55. The fourth-order valence-corrected chi connectivity index (χ4v) is 3.94. The molecule has 5 rings (SSSR count). The van der Waals surface area contributed by atoms with Crippen molar-refractivity contribution in [3.63, 3.8) is 0 Å². The standard InChI is InChI=1S/C20H20N8O3/c1-30-18-13(9-23-19(26-18)31-2)14-3-4-15-17(24-14)28(12-5-8-27(15)11-12)20(29)25-16-10-21-6-7-22-16/h3-4,6-7,9-10,12H,5,8,11H2,1-2H3,(H,22,25,29)/t12-/m0/s1. The van der Waals surface area contributed by atoms with Crippen molar-refractivity contribution in [1.29, 1.82) is 0 Å². The van der Waals surface area contributed by atoms with Crippen molar-refractivity contribution in [2.45, 2.75) is 12.5 Å². The SMILES string of the molecule is COc1ncc(-c2ccc3c(n2)N(C(=O)Nc2cnccn2)[C@H]2CCN3C2)c(OC)n1. The van der Waals surface area contributed by atoms with Gasteiger partial charge in [0.25, 0.3) is 0 Å². The van der Waals surface area contributed by atoms with Gasteiger partial charge in [0, 0.05) is 31.7 Å². The number of carbonyl (C=O) groups excluding carboxylic acids is 1. The Morgan fingerprint density at radius 1 is 1.13 bits per heavy atom. The van der Waals surface area contributed by atoms with Gasteiger partial charge in [0.15, 0.2) is 11.6 Å². The van der Waals surface area contributed by atoms with E-state index < -0.39 is 0 Å². The van der Waals surface area contributed by atoms with E-state index >= 15 is 0 Å². The number of hydrogen-bond donors (Lipinski definition) is 1. The highest BCUT2D eigenvalue weighted by Gasteiger charge is 2.40. The Hall–Kier alpha value is -4.02. The van der Waals surface area contributed by atoms with Crippen LogP contribution in [-0.4, -0.2) is 64.3 Å². The Labute approximate surface area is 178 Å². The maximum absolute atomic E-state index is 13.2. The Morgan fingerprint density at radius 2 is 2.03 bits per heavy atom. The number of aromatic nitrogens is 5. The molecule has 11 heteroatoms. The quantitative estimate of drug-likeness (QED) is 0.676. The van der Waals surface area contributed by atoms with Gasteiger partial charge in [-0.05, 0) is 18.6 Å². The molecule has 2 aliphatic rings. The van der Waals surface area contributed by atoms with Gasteiger partial charge in [-0.2, -0.15) is 4.98 Å². The maximum atomic E-state index is 13.2. The number of nitrogens with one attached hydrogen (secondary N) is 1. The van der Waals surface area contributed by atoms with Crippen LogP contribution in [0.25, 0.3) is 11.3 Å². The molecule has 3 aromatic heterocycles. The summed E-state index contributed by atoms with van der Waals surface area (Å²) in [6, 6.07) is 3.76. The normalized spacial score (nSPS) is 16.6. The molecule has 158 valence electrons. The first-order valence-corrected chi connectivity index (χ1v) is 9.75. The van der Waals surface area contributed by atoms with Crippen LogP contribution in [0.4, 0.5) is 22.1 Å². The molecule has 2 amide bonds. The van der Waals surface area contributed by atoms with Crippen LogP contribution in [0.15, 0.2) is 36.9 Å². The van der Waals surface area contributed by atoms with Crippen LogP contribution in [0.3, 0.4) is 0 Å². The molecule has 5 heterocycles. The topological polar surface area (TPSA) is 118 Å². The Bertz CT molecular complexity index is 1130. The molecular weight excluding hydrogens is 400 g/mol. The molecule has 0 radical (unpaired) electrons. The lowest BCUT2D eigenvalue weighted by Crippen LogP contribution is -2.48. The van der Waals surface area contributed by atoms with Crippen molar-refractivity contribution in [2.75, 3.05) is 42.4 Å². The minimum atomic E-state index is -0.295. The number of methoxy groups -OCH3 is 2. The van der Waals surface area contributed by atoms with Crippen LogP contribution in [0.5, 0.6) is 11.9 Å². The van der Waals surface area contributed by atoms with Crippen LogP contribution in [0.2, 0.25) is 0 Å². The number of hydrogen-bond acceptors (Lipinski definition) is 9. The predicted molar refractivity (Wildman–Crippen MR) is 113 cm³/mol. The molecule has 0 unspecified atom stereocenters. The van der Waals surface area contributed by atoms with Gasteiger partial charge < -0.3 is 14.4 Å². The van der Waals surface area contributed by atoms with E-state index in [1.54, 1.807) is 17.3 Å². The molecule has 2 aliphatic heterocycles. The molecule has 1 atom stereocenters. The first-order chi connectivity index (χ1) is 15.2. The van der Waals surface area contributed by atoms with Crippen LogP contribution >= 0.6 is 0 Å². The second kappa shape index (κ2) is 7.67. The summed E-state index contributed by atoms with van der Waals surface area (Å²) >= 11 is 0. The van der Waals surface area contributed by atoms with E-state index in [0.29, 0.717) is 28.8 Å². The van der Waals surface area contributed by atoms with Gasteiger partial charge in [-0.15, -0.1) is 0 Å². The molecule has 0 saturated carbocycles. The zero-order valence-corrected chi connectivity index (χ0v) is 17.0. The number of rotatable bonds is 4. The third-order valence-electron chi connectivity index (χ3n) is 5.35. The van der Waals surface area contributed by atoms with Gasteiger partial charge in [-0.25, -0.2) is 19.7 Å². The molecule has 31 heavy (non-hydrogen) atoms. The van der Waals surface area contributed by atoms with Crippen molar-refractivity contribution in [2.24, 2.45) is 0 Å². The van der Waals surface area contributed by atoms with Crippen molar-refractivity contribution in [3.05, 3.63) is 36.9 Å². The number of fused-ring (bicyclic) bond motifs is 4. The molecule has 1 N–H and O–H groups in total. The summed E-state index contributed by atoms with van der Waals surface area (Å²) in [4.78, 5) is 38.5. The lowest BCUT2D eigenvalue weighted by atomic mass is 10.1. The predicted octanol–water partition coefficient (Wildman–Crippen LogP) is 1.98. The zero-order chi connectivity index (χ0) is 21.4. The fourth-order valence-electron chi connectivity index (χ4n) is 3.94. The molecule has 3 aromatic rings. The number of ether oxygens (including phenoxy) is 2. The highest BCUT2D eigenvalue weighted by atomic mass is 16.5. The van der Waals surface area contributed by atoms with Gasteiger partial charge in [0.1, 0.15) is 0 Å². The summed E-state index contributed by atoms with van der Waals surface area (Å²) in [6.45, 7) is 1.62. The highest BCUT2D eigenvalue weighted by Crippen LogP contribution is 2.41. The Morgan fingerprint density at radius 3 is 2.81 bits per heavy atom. The number of pyridine rings is 1. The van der Waals surface area contributed by atoms with Gasteiger partial charge >= 0.3 is 12.0 Å². The maximum Gasteiger partial charge on any atom is 0.329 e. The average Bonchev–Trinajstić information content (AvgIpc) is 3.23. The second-order valence-electron chi connectivity index (χ2n) is 7.10. The van der Waals surface area contributed by atoms with Crippen LogP contribution in [0.1, 0.15) is 6.42 Å². The monoisotopic (exact) mass is 420 g/mol. The first kappa shape index (κ1) is 19.0. The minimum absolute atomic E-state index is 0.0148. The molecule has 0 spiro atoms. The fraction of sp³-hybridized carbons (Fsp3) is 0.300. The van der Waals surface area contributed by atoms with Gasteiger partial charge in [-0.1, -0.05) is 0 Å². The summed E-state index contributed by atoms with van der Waals surface area (Å²) < 4.78 is 10.5. The largest absolute Gasteiger partial charge is 0.480 e. The number of amides is 2. The third kappa shape index (κ3) is 3.33. The average molecular weight is 420 g/mol. The van der Waals surface area contributed by atoms with E-state index in [0.717, 1.165) is 25.2 Å². The summed E-state index contributed by atoms with van der Waals surface area (Å²) in [7, 11) is 3.01. The molecule has 0 aliphatic carbocycles. The van der Waals surface area contributed by atoms with E-state index in [9.17, 15) is 4.79 Å². The molecular formula is C20H20N8O3. The van der Waals surface area contributed by atoms with E-state index in [4.69, 9.17) is 14.5 Å². The van der Waals surface area contributed by atoms with Crippen molar-refractivity contribution in [3.8, 4) is 23.1 Å². The van der Waals surface area contributed by atoms with Crippen LogP contribution in [0, 0.1) is 0 Å². The summed E-state index contributed by atoms with van der Waals surface area (Å²) in [5, 5.41) is 2.82. The molecule has 0 aromatic carbocycles. The van der Waals surface area contributed by atoms with E-state index in [-0.39, 0.29) is 18.1 Å². The number of carbonyl (C=O) groups is 1. The first-order valence-electron chi connectivity index (χ1n) is 9.75. The van der Waals surface area contributed by atoms with E-state index in [2.05, 4.69) is 30.2 Å². The van der Waals surface area contributed by atoms with E-state index in [1.165, 1.54) is 26.6 Å². The molecule has 11 nitrogen and oxygen atoms in total. The van der Waals surface area contributed by atoms with Gasteiger partial charge in [0.2, 0.25) is 5.88 Å². The summed E-state index contributed by atoms with van der Waals surface area (Å²) in [6.07, 6.45) is 7.05. The van der Waals surface area contributed by atoms with Crippen molar-refractivity contribution in [1.82, 2.24) is 24.9 Å². The van der Waals surface area contributed by atoms with E-state index in [1.807, 2.05) is 12.1 Å². The zero-order valence-electron chi connectivity index (χ0n) is 17.0. The third-order valence-corrected chi connectivity index (χ3v) is 5.35. The smallest absolute Gasteiger partial charge is 0.329 e. The molecule has 2 bridgehead atoms. The number of anilines is 3. The van der Waals surface area contributed by atoms with Gasteiger partial charge in [0.05, 0.1) is 43.4 Å². The van der Waals surface area contributed by atoms with Gasteiger partial charge in [-0.3, -0.25) is 15.2 Å².